The summed E-state index contributed by atoms with van der Waals surface area (Å²) >= 11 is 0. The van der Waals surface area contributed by atoms with Gasteiger partial charge in [-0.25, -0.2) is 9.69 Å². The molecule has 23 heavy (non-hydrogen) atoms. The van der Waals surface area contributed by atoms with Gasteiger partial charge in [-0.15, -0.1) is 0 Å². The van der Waals surface area contributed by atoms with E-state index in [1.54, 1.807) is 0 Å². The molecule has 122 valence electrons. The third-order valence-electron chi connectivity index (χ3n) is 4.46. The molecule has 0 bridgehead atoms. The van der Waals surface area contributed by atoms with Crippen LogP contribution in [0.15, 0.2) is 36.4 Å². The van der Waals surface area contributed by atoms with E-state index in [0.29, 0.717) is 13.1 Å². The van der Waals surface area contributed by atoms with Crippen LogP contribution in [0.25, 0.3) is 5.57 Å². The largest absolute Gasteiger partial charge is 0.326 e. The Morgan fingerprint density at radius 3 is 2.65 bits per heavy atom. The number of carbonyl (C=O) groups is 2. The highest BCUT2D eigenvalue weighted by atomic mass is 16.2. The van der Waals surface area contributed by atoms with Gasteiger partial charge in [-0.1, -0.05) is 49.8 Å². The minimum Gasteiger partial charge on any atom is -0.326 e. The van der Waals surface area contributed by atoms with Crippen LogP contribution in [-0.4, -0.2) is 47.5 Å². The lowest BCUT2D eigenvalue weighted by molar-refractivity contribution is -0.129. The molecule has 1 atom stereocenters. The van der Waals surface area contributed by atoms with Crippen molar-refractivity contribution in [2.45, 2.75) is 32.2 Å². The van der Waals surface area contributed by atoms with Crippen LogP contribution in [0.3, 0.4) is 0 Å². The van der Waals surface area contributed by atoms with E-state index in [1.807, 2.05) is 25.1 Å². The lowest BCUT2D eigenvalue weighted by atomic mass is 10.00. The van der Waals surface area contributed by atoms with Crippen LogP contribution >= 0.6 is 0 Å². The molecule has 5 nitrogen and oxygen atoms in total. The number of nitrogens with zero attached hydrogens (tertiary/aromatic N) is 2. The topological polar surface area (TPSA) is 52.7 Å². The molecule has 3 rings (SSSR count). The third-order valence-corrected chi connectivity index (χ3v) is 4.46. The van der Waals surface area contributed by atoms with Crippen LogP contribution < -0.4 is 5.32 Å². The minimum atomic E-state index is -0.340. The molecule has 1 aromatic carbocycles. The fraction of sp³-hybridized carbons (Fsp3) is 0.444. The van der Waals surface area contributed by atoms with Crippen molar-refractivity contribution in [3.63, 3.8) is 0 Å². The van der Waals surface area contributed by atoms with Gasteiger partial charge >= 0.3 is 6.03 Å². The number of amides is 3. The van der Waals surface area contributed by atoms with Gasteiger partial charge in [0.15, 0.2) is 0 Å². The molecule has 1 aromatic rings. The second kappa shape index (κ2) is 6.96. The van der Waals surface area contributed by atoms with Gasteiger partial charge in [-0.2, -0.15) is 0 Å². The fourth-order valence-electron chi connectivity index (χ4n) is 3.15. The molecule has 1 fully saturated rings. The monoisotopic (exact) mass is 313 g/mol. The van der Waals surface area contributed by atoms with Crippen LogP contribution in [-0.2, 0) is 4.79 Å². The van der Waals surface area contributed by atoms with Crippen molar-refractivity contribution in [3.05, 3.63) is 42.0 Å². The normalized spacial score (nSPS) is 22.2. The standard InChI is InChI=1S/C18H23N3O2/c1-2-6-16-17(22)21(18(23)19-16)13-20-11-9-15(10-12-20)14-7-4-3-5-8-14/h3-5,7-9,16H,2,6,10-13H2,1H3,(H,19,23)/t16-/m0/s1. The zero-order valence-corrected chi connectivity index (χ0v) is 13.5. The Hall–Kier alpha value is -2.14. The van der Waals surface area contributed by atoms with Crippen LogP contribution in [0.5, 0.6) is 0 Å². The van der Waals surface area contributed by atoms with Crippen LogP contribution in [0.4, 0.5) is 4.79 Å². The van der Waals surface area contributed by atoms with Gasteiger partial charge in [0.1, 0.15) is 6.04 Å². The molecular weight excluding hydrogens is 290 g/mol. The zero-order chi connectivity index (χ0) is 16.2. The van der Waals surface area contributed by atoms with Gasteiger partial charge in [0.25, 0.3) is 5.91 Å². The van der Waals surface area contributed by atoms with Crippen LogP contribution in [0, 0.1) is 0 Å². The van der Waals surface area contributed by atoms with Crippen LogP contribution in [0.1, 0.15) is 31.7 Å². The molecule has 1 N–H and O–H groups in total. The van der Waals surface area contributed by atoms with Gasteiger partial charge in [-0.05, 0) is 24.0 Å². The van der Waals surface area contributed by atoms with Gasteiger partial charge < -0.3 is 5.32 Å². The average Bonchev–Trinajstić information content (AvgIpc) is 2.84. The molecule has 0 aliphatic carbocycles. The molecule has 0 saturated carbocycles. The van der Waals surface area contributed by atoms with Crippen molar-refractivity contribution in [2.75, 3.05) is 19.8 Å². The molecule has 3 amide bonds. The Kier molecular flexibility index (Phi) is 4.76. The predicted octanol–water partition coefficient (Wildman–Crippen LogP) is 2.45. The van der Waals surface area contributed by atoms with E-state index in [0.717, 1.165) is 25.9 Å². The van der Waals surface area contributed by atoms with E-state index in [-0.39, 0.29) is 18.0 Å². The minimum absolute atomic E-state index is 0.0883. The summed E-state index contributed by atoms with van der Waals surface area (Å²) in [6.07, 6.45) is 4.73. The number of hydrogen-bond donors (Lipinski definition) is 1. The predicted molar refractivity (Wildman–Crippen MR) is 89.5 cm³/mol. The van der Waals surface area contributed by atoms with E-state index in [2.05, 4.69) is 28.4 Å². The smallest absolute Gasteiger partial charge is 0.325 e. The first kappa shape index (κ1) is 15.7. The number of imide groups is 1. The van der Waals surface area contributed by atoms with E-state index in [4.69, 9.17) is 0 Å². The molecule has 2 heterocycles. The Labute approximate surface area is 137 Å². The fourth-order valence-corrected chi connectivity index (χ4v) is 3.15. The third kappa shape index (κ3) is 3.45. The maximum absolute atomic E-state index is 12.3. The van der Waals surface area contributed by atoms with E-state index >= 15 is 0 Å². The lowest BCUT2D eigenvalue weighted by Crippen LogP contribution is -2.43. The first-order valence-electron chi connectivity index (χ1n) is 8.27. The molecule has 2 aliphatic heterocycles. The summed E-state index contributed by atoms with van der Waals surface area (Å²) < 4.78 is 0. The molecule has 0 spiro atoms. The summed E-state index contributed by atoms with van der Waals surface area (Å²) in [6, 6.07) is 9.75. The highest BCUT2D eigenvalue weighted by Gasteiger charge is 2.38. The summed E-state index contributed by atoms with van der Waals surface area (Å²) in [5, 5.41) is 2.77. The van der Waals surface area contributed by atoms with Crippen molar-refractivity contribution < 1.29 is 9.59 Å². The number of nitrogens with one attached hydrogen (secondary N) is 1. The number of rotatable bonds is 5. The molecule has 0 unspecified atom stereocenters. The SMILES string of the molecule is CCC[C@@H]1NC(=O)N(CN2CC=C(c3ccccc3)CC2)C1=O. The number of urea groups is 1. The highest BCUT2D eigenvalue weighted by Crippen LogP contribution is 2.22. The molecule has 1 saturated heterocycles. The molecule has 5 heteroatoms. The van der Waals surface area contributed by atoms with Gasteiger partial charge in [0.05, 0.1) is 6.67 Å². The Morgan fingerprint density at radius 2 is 2.00 bits per heavy atom. The number of carbonyl (C=O) groups excluding carboxylic acids is 2. The van der Waals surface area contributed by atoms with Gasteiger partial charge in [0, 0.05) is 13.1 Å². The Bertz CT molecular complexity index is 612. The maximum Gasteiger partial charge on any atom is 0.325 e. The second-order valence-corrected chi connectivity index (χ2v) is 6.12. The van der Waals surface area contributed by atoms with Crippen molar-refractivity contribution in [2.24, 2.45) is 0 Å². The molecule has 2 aliphatic rings. The summed E-state index contributed by atoms with van der Waals surface area (Å²) in [5.41, 5.74) is 2.59. The van der Waals surface area contributed by atoms with E-state index in [1.165, 1.54) is 16.0 Å². The van der Waals surface area contributed by atoms with Gasteiger partial charge in [0.2, 0.25) is 0 Å². The van der Waals surface area contributed by atoms with Crippen molar-refractivity contribution in [3.8, 4) is 0 Å². The van der Waals surface area contributed by atoms with Crippen molar-refractivity contribution >= 4 is 17.5 Å². The maximum atomic E-state index is 12.3. The summed E-state index contributed by atoms with van der Waals surface area (Å²) in [6.45, 7) is 4.02. The molecular formula is C18H23N3O2. The first-order valence-corrected chi connectivity index (χ1v) is 8.27. The quantitative estimate of drug-likeness (QED) is 0.850. The van der Waals surface area contributed by atoms with Crippen LogP contribution in [0.2, 0.25) is 0 Å². The summed E-state index contributed by atoms with van der Waals surface area (Å²) in [5.74, 6) is -0.0883. The number of hydrogen-bond acceptors (Lipinski definition) is 3. The van der Waals surface area contributed by atoms with Crippen molar-refractivity contribution in [1.82, 2.24) is 15.1 Å². The number of benzene rings is 1. The second-order valence-electron chi connectivity index (χ2n) is 6.12. The van der Waals surface area contributed by atoms with E-state index in [9.17, 15) is 9.59 Å². The first-order chi connectivity index (χ1) is 11.2. The Morgan fingerprint density at radius 1 is 1.22 bits per heavy atom. The van der Waals surface area contributed by atoms with Gasteiger partial charge in [-0.3, -0.25) is 9.69 Å². The summed E-state index contributed by atoms with van der Waals surface area (Å²) in [4.78, 5) is 27.7. The average molecular weight is 313 g/mol. The van der Waals surface area contributed by atoms with E-state index < -0.39 is 0 Å². The zero-order valence-electron chi connectivity index (χ0n) is 13.5. The molecule has 0 aromatic heterocycles. The van der Waals surface area contributed by atoms with Crippen molar-refractivity contribution in [1.29, 1.82) is 0 Å². The summed E-state index contributed by atoms with van der Waals surface area (Å²) in [7, 11) is 0. The Balaban J connectivity index is 1.59. The highest BCUT2D eigenvalue weighted by molar-refractivity contribution is 6.04. The molecule has 0 radical (unpaired) electrons. The lowest BCUT2D eigenvalue weighted by Gasteiger charge is -2.29.